The summed E-state index contributed by atoms with van der Waals surface area (Å²) in [7, 11) is -1.78. The van der Waals surface area contributed by atoms with Gasteiger partial charge in [-0.05, 0) is 69.2 Å². The minimum Gasteiger partial charge on any atom is -0.497 e. The highest BCUT2D eigenvalue weighted by molar-refractivity contribution is 7.92. The van der Waals surface area contributed by atoms with Crippen molar-refractivity contribution in [2.24, 2.45) is 0 Å². The second kappa shape index (κ2) is 15.1. The molecule has 3 aromatic rings. The molecule has 0 aliphatic rings. The van der Waals surface area contributed by atoms with Crippen molar-refractivity contribution >= 4 is 44.8 Å². The summed E-state index contributed by atoms with van der Waals surface area (Å²) in [5, 5.41) is 14.7. The zero-order valence-electron chi connectivity index (χ0n) is 25.9. The monoisotopic (exact) mass is 660 g/mol. The van der Waals surface area contributed by atoms with Crippen LogP contribution in [0.2, 0.25) is 5.02 Å². The van der Waals surface area contributed by atoms with Crippen molar-refractivity contribution in [1.29, 1.82) is 0 Å². The Kier molecular flexibility index (Phi) is 11.8. The van der Waals surface area contributed by atoms with Crippen LogP contribution < -0.4 is 19.1 Å². The lowest BCUT2D eigenvalue weighted by molar-refractivity contribution is -0.385. The fraction of sp³-hybridized carbons (Fsp3) is 0.355. The van der Waals surface area contributed by atoms with Crippen LogP contribution in [0.1, 0.15) is 38.3 Å². The highest BCUT2D eigenvalue weighted by atomic mass is 35.5. The Balaban J connectivity index is 2.15. The van der Waals surface area contributed by atoms with Crippen LogP contribution in [-0.2, 0) is 26.2 Å². The van der Waals surface area contributed by atoms with Gasteiger partial charge in [-0.1, -0.05) is 36.7 Å². The zero-order chi connectivity index (χ0) is 33.5. The molecule has 0 unspecified atom stereocenters. The number of methoxy groups -OCH3 is 2. The predicted octanol–water partition coefficient (Wildman–Crippen LogP) is 5.10. The number of hydrogen-bond donors (Lipinski definition) is 1. The second-order valence-corrected chi connectivity index (χ2v) is 12.7. The van der Waals surface area contributed by atoms with Crippen molar-refractivity contribution in [3.05, 3.63) is 86.9 Å². The van der Waals surface area contributed by atoms with Crippen molar-refractivity contribution in [2.75, 3.05) is 25.1 Å². The molecule has 0 aromatic heterocycles. The Morgan fingerprint density at radius 2 is 1.69 bits per heavy atom. The molecule has 0 aliphatic carbocycles. The summed E-state index contributed by atoms with van der Waals surface area (Å²) < 4.78 is 39.9. The maximum Gasteiger partial charge on any atom is 0.273 e. The molecule has 12 nitrogen and oxygen atoms in total. The first-order chi connectivity index (χ1) is 21.2. The molecular formula is C31H37ClN4O8S. The van der Waals surface area contributed by atoms with Gasteiger partial charge in [0.05, 0.1) is 29.7 Å². The Bertz CT molecular complexity index is 1650. The molecule has 0 saturated heterocycles. The molecule has 0 fully saturated rings. The number of halogens is 1. The number of hydrogen-bond acceptors (Lipinski definition) is 8. The number of sulfonamides is 1. The van der Waals surface area contributed by atoms with E-state index in [4.69, 9.17) is 21.1 Å². The number of nitro groups is 1. The minimum absolute atomic E-state index is 0.0332. The molecule has 14 heteroatoms. The number of amides is 2. The topological polar surface area (TPSA) is 148 Å². The summed E-state index contributed by atoms with van der Waals surface area (Å²) >= 11 is 6.26. The van der Waals surface area contributed by atoms with Crippen molar-refractivity contribution in [3.8, 4) is 11.5 Å². The average Bonchev–Trinajstić information content (AvgIpc) is 3.01. The van der Waals surface area contributed by atoms with Crippen LogP contribution >= 0.6 is 11.6 Å². The van der Waals surface area contributed by atoms with E-state index < -0.39 is 49.9 Å². The molecule has 0 bridgehead atoms. The van der Waals surface area contributed by atoms with Gasteiger partial charge in [-0.3, -0.25) is 24.0 Å². The molecule has 0 radical (unpaired) electrons. The molecule has 0 spiro atoms. The van der Waals surface area contributed by atoms with Crippen LogP contribution in [-0.4, -0.2) is 62.9 Å². The van der Waals surface area contributed by atoms with Crippen molar-refractivity contribution in [3.63, 3.8) is 0 Å². The summed E-state index contributed by atoms with van der Waals surface area (Å²) in [5.41, 5.74) is 0.449. The average molecular weight is 661 g/mol. The van der Waals surface area contributed by atoms with Crippen molar-refractivity contribution < 1.29 is 32.4 Å². The van der Waals surface area contributed by atoms with Gasteiger partial charge >= 0.3 is 0 Å². The number of ether oxygens (including phenoxy) is 2. The molecule has 2 atom stereocenters. The van der Waals surface area contributed by atoms with Gasteiger partial charge in [-0.25, -0.2) is 8.42 Å². The van der Waals surface area contributed by atoms with Gasteiger partial charge in [-0.2, -0.15) is 0 Å². The quantitative estimate of drug-likeness (QED) is 0.185. The standard InChI is InChI=1S/C31H37ClN4O8S/c1-7-21(3)33-31(38)22(4)34(18-23-9-12-25(43-5)13-10-23)30(37)19-35(28-16-24(32)11-15-29(28)44-6)45(41,42)26-14-8-20(2)27(17-26)36(39)40/h8-17,21-22H,7,18-19H2,1-6H3,(H,33,38)/t21-,22-/m1/s1. The number of nitro benzene ring substituents is 1. The Morgan fingerprint density at radius 3 is 2.27 bits per heavy atom. The minimum atomic E-state index is -4.63. The van der Waals surface area contributed by atoms with E-state index in [-0.39, 0.29) is 34.6 Å². The van der Waals surface area contributed by atoms with Gasteiger partial charge in [0.25, 0.3) is 15.7 Å². The van der Waals surface area contributed by atoms with Crippen LogP contribution in [0.25, 0.3) is 0 Å². The van der Waals surface area contributed by atoms with E-state index in [1.165, 1.54) is 56.4 Å². The van der Waals surface area contributed by atoms with E-state index in [1.54, 1.807) is 31.2 Å². The van der Waals surface area contributed by atoms with Gasteiger partial charge in [0.1, 0.15) is 24.1 Å². The molecule has 0 aliphatic heterocycles. The summed E-state index contributed by atoms with van der Waals surface area (Å²) in [6.45, 7) is 5.97. The fourth-order valence-electron chi connectivity index (χ4n) is 4.42. The Labute approximate surface area is 268 Å². The molecule has 3 aromatic carbocycles. The van der Waals surface area contributed by atoms with Crippen LogP contribution in [0.5, 0.6) is 11.5 Å². The molecule has 0 heterocycles. The third kappa shape index (κ3) is 8.43. The van der Waals surface area contributed by atoms with E-state index in [1.807, 2.05) is 13.8 Å². The van der Waals surface area contributed by atoms with Gasteiger partial charge in [0, 0.05) is 29.2 Å². The number of nitrogens with one attached hydrogen (secondary N) is 1. The normalized spacial score (nSPS) is 12.5. The number of carbonyl (C=O) groups is 2. The summed E-state index contributed by atoms with van der Waals surface area (Å²) in [5.74, 6) is -0.460. The number of anilines is 1. The Morgan fingerprint density at radius 1 is 1.02 bits per heavy atom. The highest BCUT2D eigenvalue weighted by Gasteiger charge is 2.35. The van der Waals surface area contributed by atoms with Gasteiger partial charge < -0.3 is 19.7 Å². The molecule has 1 N–H and O–H groups in total. The fourth-order valence-corrected chi connectivity index (χ4v) is 6.02. The third-order valence-corrected chi connectivity index (χ3v) is 9.32. The van der Waals surface area contributed by atoms with Crippen LogP contribution in [0.15, 0.2) is 65.6 Å². The molecule has 45 heavy (non-hydrogen) atoms. The summed E-state index contributed by atoms with van der Waals surface area (Å²) in [6.07, 6.45) is 0.661. The van der Waals surface area contributed by atoms with Gasteiger partial charge in [0.15, 0.2) is 0 Å². The van der Waals surface area contributed by atoms with E-state index in [9.17, 15) is 28.1 Å². The van der Waals surface area contributed by atoms with E-state index >= 15 is 0 Å². The highest BCUT2D eigenvalue weighted by Crippen LogP contribution is 2.36. The van der Waals surface area contributed by atoms with Crippen molar-refractivity contribution in [2.45, 2.75) is 57.6 Å². The van der Waals surface area contributed by atoms with Gasteiger partial charge in [0.2, 0.25) is 11.8 Å². The first kappa shape index (κ1) is 35.1. The number of carbonyl (C=O) groups excluding carboxylic acids is 2. The lowest BCUT2D eigenvalue weighted by Crippen LogP contribution is -2.52. The lowest BCUT2D eigenvalue weighted by Gasteiger charge is -2.33. The molecule has 3 rings (SSSR count). The molecule has 2 amide bonds. The number of rotatable bonds is 14. The van der Waals surface area contributed by atoms with Crippen LogP contribution in [0, 0.1) is 17.0 Å². The van der Waals surface area contributed by atoms with Crippen molar-refractivity contribution in [1.82, 2.24) is 10.2 Å². The lowest BCUT2D eigenvalue weighted by atomic mass is 10.1. The number of benzene rings is 3. The van der Waals surface area contributed by atoms with Gasteiger partial charge in [-0.15, -0.1) is 0 Å². The molecule has 0 saturated carbocycles. The molecular weight excluding hydrogens is 624 g/mol. The van der Waals surface area contributed by atoms with Crippen LogP contribution in [0.3, 0.4) is 0 Å². The number of aryl methyl sites for hydroxylation is 1. The first-order valence-corrected chi connectivity index (χ1v) is 15.9. The van der Waals surface area contributed by atoms with E-state index in [0.29, 0.717) is 17.7 Å². The predicted molar refractivity (Wildman–Crippen MR) is 171 cm³/mol. The maximum atomic E-state index is 14.2. The maximum absolute atomic E-state index is 14.2. The SMILES string of the molecule is CC[C@@H](C)NC(=O)[C@@H](C)N(Cc1ccc(OC)cc1)C(=O)CN(c1cc(Cl)ccc1OC)S(=O)(=O)c1ccc(C)c([N+](=O)[O-])c1. The zero-order valence-corrected chi connectivity index (χ0v) is 27.5. The van der Waals surface area contributed by atoms with E-state index in [2.05, 4.69) is 5.32 Å². The first-order valence-electron chi connectivity index (χ1n) is 14.1. The largest absolute Gasteiger partial charge is 0.497 e. The van der Waals surface area contributed by atoms with E-state index in [0.717, 1.165) is 10.4 Å². The number of nitrogens with zero attached hydrogens (tertiary/aromatic N) is 3. The summed E-state index contributed by atoms with van der Waals surface area (Å²) in [6, 6.07) is 13.5. The van der Waals surface area contributed by atoms with Crippen LogP contribution in [0.4, 0.5) is 11.4 Å². The Hall–Kier alpha value is -4.36. The molecule has 242 valence electrons. The smallest absolute Gasteiger partial charge is 0.273 e. The second-order valence-electron chi connectivity index (χ2n) is 10.4. The summed E-state index contributed by atoms with van der Waals surface area (Å²) in [4.78, 5) is 39.3. The third-order valence-electron chi connectivity index (χ3n) is 7.33.